The highest BCUT2D eigenvalue weighted by atomic mass is 16.5. The van der Waals surface area contributed by atoms with Crippen molar-refractivity contribution in [2.45, 2.75) is 44.6 Å². The van der Waals surface area contributed by atoms with Gasteiger partial charge in [-0.2, -0.15) is 4.98 Å². The Morgan fingerprint density at radius 3 is 2.75 bits per heavy atom. The minimum Gasteiger partial charge on any atom is -0.481 e. The first-order valence-corrected chi connectivity index (χ1v) is 7.33. The van der Waals surface area contributed by atoms with Crippen molar-refractivity contribution < 1.29 is 9.84 Å². The lowest BCUT2D eigenvalue weighted by atomic mass is 9.78. The van der Waals surface area contributed by atoms with E-state index in [4.69, 9.17) is 10.5 Å². The van der Waals surface area contributed by atoms with E-state index in [0.29, 0.717) is 23.9 Å². The third kappa shape index (κ3) is 3.54. The van der Waals surface area contributed by atoms with Gasteiger partial charge >= 0.3 is 0 Å². The molecule has 0 spiro atoms. The predicted octanol–water partition coefficient (Wildman–Crippen LogP) is 2.42. The molecule has 5 heteroatoms. The van der Waals surface area contributed by atoms with Crippen LogP contribution in [0.2, 0.25) is 0 Å². The van der Waals surface area contributed by atoms with E-state index in [1.165, 1.54) is 6.42 Å². The number of ether oxygens (including phenoxy) is 1. The van der Waals surface area contributed by atoms with Crippen molar-refractivity contribution >= 4 is 11.5 Å². The number of hydrogen-bond donors (Lipinski definition) is 3. The number of anilines is 2. The van der Waals surface area contributed by atoms with Gasteiger partial charge in [-0.3, -0.25) is 0 Å². The van der Waals surface area contributed by atoms with Crippen LogP contribution in [0.25, 0.3) is 0 Å². The molecule has 0 aliphatic heterocycles. The van der Waals surface area contributed by atoms with Gasteiger partial charge in [-0.1, -0.05) is 13.3 Å². The summed E-state index contributed by atoms with van der Waals surface area (Å²) in [6.45, 7) is 2.70. The number of hydrogen-bond acceptors (Lipinski definition) is 5. The van der Waals surface area contributed by atoms with Gasteiger partial charge in [0.25, 0.3) is 0 Å². The second-order valence-electron chi connectivity index (χ2n) is 5.72. The second kappa shape index (κ2) is 6.31. The van der Waals surface area contributed by atoms with Crippen LogP contribution >= 0.6 is 0 Å². The molecule has 0 atom stereocenters. The van der Waals surface area contributed by atoms with Gasteiger partial charge < -0.3 is 20.9 Å². The Balaban J connectivity index is 1.95. The summed E-state index contributed by atoms with van der Waals surface area (Å²) < 4.78 is 5.09. The maximum atomic E-state index is 10.6. The molecule has 20 heavy (non-hydrogen) atoms. The molecular formula is C15H25N3O2. The van der Waals surface area contributed by atoms with Crippen LogP contribution in [-0.2, 0) is 0 Å². The van der Waals surface area contributed by atoms with Gasteiger partial charge in [0.15, 0.2) is 5.82 Å². The largest absolute Gasteiger partial charge is 0.481 e. The number of nitrogens with zero attached hydrogens (tertiary/aromatic N) is 1. The van der Waals surface area contributed by atoms with Crippen molar-refractivity contribution in [2.75, 3.05) is 24.7 Å². The van der Waals surface area contributed by atoms with Gasteiger partial charge in [-0.05, 0) is 37.7 Å². The smallest absolute Gasteiger partial charge is 0.215 e. The standard InChI is InChI=1S/C15H25N3O2/c1-3-11-6-8-15(19,9-7-11)10-17-14-12(16)4-5-13(18-14)20-2/h4-5,11,19H,3,6-10,16H2,1-2H3,(H,17,18). The summed E-state index contributed by atoms with van der Waals surface area (Å²) in [5.74, 6) is 1.86. The van der Waals surface area contributed by atoms with Crippen molar-refractivity contribution in [1.82, 2.24) is 4.98 Å². The molecule has 1 heterocycles. The Kier molecular flexibility index (Phi) is 4.70. The quantitative estimate of drug-likeness (QED) is 0.771. The Morgan fingerprint density at radius 1 is 1.45 bits per heavy atom. The number of nitrogen functional groups attached to an aromatic ring is 1. The van der Waals surface area contributed by atoms with E-state index < -0.39 is 5.60 Å². The Hall–Kier alpha value is -1.49. The van der Waals surface area contributed by atoms with Crippen LogP contribution in [0, 0.1) is 5.92 Å². The first-order chi connectivity index (χ1) is 9.56. The molecule has 0 radical (unpaired) electrons. The van der Waals surface area contributed by atoms with Crippen LogP contribution in [0.15, 0.2) is 12.1 Å². The minimum absolute atomic E-state index is 0.480. The fraction of sp³-hybridized carbons (Fsp3) is 0.667. The molecule has 1 aromatic heterocycles. The molecule has 1 aliphatic rings. The molecule has 1 fully saturated rings. The molecule has 0 saturated heterocycles. The molecule has 1 aliphatic carbocycles. The zero-order valence-electron chi connectivity index (χ0n) is 12.4. The van der Waals surface area contributed by atoms with Crippen LogP contribution in [0.4, 0.5) is 11.5 Å². The molecule has 1 saturated carbocycles. The molecule has 0 bridgehead atoms. The van der Waals surface area contributed by atoms with Crippen molar-refractivity contribution in [2.24, 2.45) is 5.92 Å². The number of rotatable bonds is 5. The Morgan fingerprint density at radius 2 is 2.15 bits per heavy atom. The van der Waals surface area contributed by atoms with Crippen molar-refractivity contribution in [3.05, 3.63) is 12.1 Å². The summed E-state index contributed by atoms with van der Waals surface area (Å²) in [7, 11) is 1.57. The molecule has 1 aromatic rings. The van der Waals surface area contributed by atoms with E-state index in [-0.39, 0.29) is 0 Å². The molecular weight excluding hydrogens is 254 g/mol. The maximum absolute atomic E-state index is 10.6. The summed E-state index contributed by atoms with van der Waals surface area (Å²) in [5.41, 5.74) is 5.80. The normalized spacial score (nSPS) is 26.2. The summed E-state index contributed by atoms with van der Waals surface area (Å²) >= 11 is 0. The Bertz CT molecular complexity index is 443. The molecule has 5 nitrogen and oxygen atoms in total. The van der Waals surface area contributed by atoms with Crippen LogP contribution < -0.4 is 15.8 Å². The lowest BCUT2D eigenvalue weighted by Crippen LogP contribution is -2.40. The number of aromatic nitrogens is 1. The van der Waals surface area contributed by atoms with E-state index >= 15 is 0 Å². The first-order valence-electron chi connectivity index (χ1n) is 7.33. The van der Waals surface area contributed by atoms with Gasteiger partial charge in [0.1, 0.15) is 0 Å². The summed E-state index contributed by atoms with van der Waals surface area (Å²) in [4.78, 5) is 4.27. The number of aliphatic hydroxyl groups is 1. The van der Waals surface area contributed by atoms with Crippen LogP contribution in [0.1, 0.15) is 39.0 Å². The number of methoxy groups -OCH3 is 1. The van der Waals surface area contributed by atoms with Crippen LogP contribution in [0.3, 0.4) is 0 Å². The molecule has 112 valence electrons. The van der Waals surface area contributed by atoms with E-state index in [1.807, 2.05) is 0 Å². The second-order valence-corrected chi connectivity index (χ2v) is 5.72. The van der Waals surface area contributed by atoms with Crippen molar-refractivity contribution in [3.8, 4) is 5.88 Å². The lowest BCUT2D eigenvalue weighted by Gasteiger charge is -2.36. The first kappa shape index (κ1) is 14.9. The van der Waals surface area contributed by atoms with E-state index in [1.54, 1.807) is 19.2 Å². The number of pyridine rings is 1. The third-order valence-electron chi connectivity index (χ3n) is 4.31. The van der Waals surface area contributed by atoms with Gasteiger partial charge in [0.2, 0.25) is 5.88 Å². The average molecular weight is 279 g/mol. The maximum Gasteiger partial charge on any atom is 0.215 e. The fourth-order valence-electron chi connectivity index (χ4n) is 2.76. The van der Waals surface area contributed by atoms with Gasteiger partial charge in [-0.25, -0.2) is 0 Å². The summed E-state index contributed by atoms with van der Waals surface area (Å²) in [6.07, 6.45) is 5.06. The minimum atomic E-state index is -0.650. The van der Waals surface area contributed by atoms with Gasteiger partial charge in [-0.15, -0.1) is 0 Å². The fourth-order valence-corrected chi connectivity index (χ4v) is 2.76. The number of nitrogens with two attached hydrogens (primary N) is 1. The Labute approximate surface area is 120 Å². The average Bonchev–Trinajstić information content (AvgIpc) is 2.47. The van der Waals surface area contributed by atoms with Gasteiger partial charge in [0, 0.05) is 12.6 Å². The number of nitrogens with one attached hydrogen (secondary N) is 1. The molecule has 0 aromatic carbocycles. The van der Waals surface area contributed by atoms with Crippen molar-refractivity contribution in [1.29, 1.82) is 0 Å². The lowest BCUT2D eigenvalue weighted by molar-refractivity contribution is 0.00223. The zero-order valence-corrected chi connectivity index (χ0v) is 12.4. The topological polar surface area (TPSA) is 80.4 Å². The highest BCUT2D eigenvalue weighted by Gasteiger charge is 2.32. The predicted molar refractivity (Wildman–Crippen MR) is 80.9 cm³/mol. The molecule has 4 N–H and O–H groups in total. The SMILES string of the molecule is CCC1CCC(O)(CNc2nc(OC)ccc2N)CC1. The highest BCUT2D eigenvalue weighted by molar-refractivity contribution is 5.62. The van der Waals surface area contributed by atoms with Gasteiger partial charge in [0.05, 0.1) is 18.4 Å². The highest BCUT2D eigenvalue weighted by Crippen LogP contribution is 2.34. The summed E-state index contributed by atoms with van der Waals surface area (Å²) in [5, 5.41) is 13.8. The van der Waals surface area contributed by atoms with E-state index in [2.05, 4.69) is 17.2 Å². The van der Waals surface area contributed by atoms with E-state index in [9.17, 15) is 5.11 Å². The summed E-state index contributed by atoms with van der Waals surface area (Å²) in [6, 6.07) is 3.48. The monoisotopic (exact) mass is 279 g/mol. The molecule has 2 rings (SSSR count). The van der Waals surface area contributed by atoms with E-state index in [0.717, 1.165) is 31.6 Å². The zero-order chi connectivity index (χ0) is 14.6. The third-order valence-corrected chi connectivity index (χ3v) is 4.31. The molecule has 0 unspecified atom stereocenters. The van der Waals surface area contributed by atoms with Crippen LogP contribution in [-0.4, -0.2) is 29.3 Å². The van der Waals surface area contributed by atoms with Crippen molar-refractivity contribution in [3.63, 3.8) is 0 Å². The van der Waals surface area contributed by atoms with Crippen LogP contribution in [0.5, 0.6) is 5.88 Å². The molecule has 0 amide bonds.